The first-order chi connectivity index (χ1) is 11.5. The second kappa shape index (κ2) is 8.34. The highest BCUT2D eigenvalue weighted by Gasteiger charge is 2.14. The Bertz CT molecular complexity index is 732. The molecule has 0 radical (unpaired) electrons. The van der Waals surface area contributed by atoms with Gasteiger partial charge in [-0.1, -0.05) is 35.5 Å². The van der Waals surface area contributed by atoms with Gasteiger partial charge in [-0.05, 0) is 19.9 Å². The summed E-state index contributed by atoms with van der Waals surface area (Å²) in [4.78, 5) is 22.9. The summed E-state index contributed by atoms with van der Waals surface area (Å²) in [5, 5.41) is 10.9. The maximum atomic E-state index is 11.7. The number of aryl methyl sites for hydroxylation is 1. The fourth-order valence-electron chi connectivity index (χ4n) is 1.92. The van der Waals surface area contributed by atoms with Gasteiger partial charge in [0.05, 0.1) is 12.4 Å². The van der Waals surface area contributed by atoms with Gasteiger partial charge in [-0.15, -0.1) is 10.2 Å². The number of aromatic nitrogens is 3. The minimum atomic E-state index is -0.473. The Labute approximate surface area is 143 Å². The van der Waals surface area contributed by atoms with Crippen LogP contribution in [0.2, 0.25) is 0 Å². The lowest BCUT2D eigenvalue weighted by atomic mass is 10.1. The zero-order valence-electron chi connectivity index (χ0n) is 13.5. The van der Waals surface area contributed by atoms with Crippen LogP contribution in [0, 0.1) is 6.92 Å². The third-order valence-electron chi connectivity index (χ3n) is 3.01. The molecule has 0 atom stereocenters. The third-order valence-corrected chi connectivity index (χ3v) is 3.95. The van der Waals surface area contributed by atoms with Crippen LogP contribution in [0.25, 0.3) is 11.4 Å². The number of nitrogens with zero attached hydrogens (tertiary/aromatic N) is 3. The van der Waals surface area contributed by atoms with Gasteiger partial charge in [-0.25, -0.2) is 4.68 Å². The molecule has 1 amide bonds. The van der Waals surface area contributed by atoms with E-state index in [9.17, 15) is 9.59 Å². The normalized spacial score (nSPS) is 10.4. The first-order valence-corrected chi connectivity index (χ1v) is 8.32. The first-order valence-electron chi connectivity index (χ1n) is 7.34. The monoisotopic (exact) mass is 349 g/mol. The summed E-state index contributed by atoms with van der Waals surface area (Å²) >= 11 is 1.14. The van der Waals surface area contributed by atoms with E-state index in [0.717, 1.165) is 22.9 Å². The molecule has 24 heavy (non-hydrogen) atoms. The maximum Gasteiger partial charge on any atom is 0.325 e. The second-order valence-corrected chi connectivity index (χ2v) is 5.86. The molecule has 0 saturated heterocycles. The lowest BCUT2D eigenvalue weighted by molar-refractivity contribution is -0.143. The number of nitrogens with two attached hydrogens (primary N) is 1. The number of hydrogen-bond acceptors (Lipinski definition) is 7. The molecule has 2 rings (SSSR count). The smallest absolute Gasteiger partial charge is 0.325 e. The fraction of sp³-hybridized carbons (Fsp3) is 0.333. The summed E-state index contributed by atoms with van der Waals surface area (Å²) in [5.41, 5.74) is 1.94. The van der Waals surface area contributed by atoms with Crippen molar-refractivity contribution < 1.29 is 14.3 Å². The standard InChI is InChI=1S/C15H19N5O3S/c1-3-23-13(22)8-17-12(21)9-24-15-19-18-14(20(15)16)11-6-4-5-10(2)7-11/h4-7H,3,8-9,16H2,1-2H3,(H,17,21). The van der Waals surface area contributed by atoms with Gasteiger partial charge in [0.25, 0.3) is 0 Å². The van der Waals surface area contributed by atoms with E-state index >= 15 is 0 Å². The van der Waals surface area contributed by atoms with Crippen LogP contribution in [-0.2, 0) is 14.3 Å². The second-order valence-electron chi connectivity index (χ2n) is 4.92. The number of thioether (sulfide) groups is 1. The molecule has 0 fully saturated rings. The van der Waals surface area contributed by atoms with E-state index < -0.39 is 5.97 Å². The van der Waals surface area contributed by atoms with Crippen molar-refractivity contribution in [2.75, 3.05) is 24.7 Å². The van der Waals surface area contributed by atoms with Crippen LogP contribution in [0.5, 0.6) is 0 Å². The van der Waals surface area contributed by atoms with Crippen molar-refractivity contribution in [3.05, 3.63) is 29.8 Å². The number of nitrogen functional groups attached to an aromatic ring is 1. The SMILES string of the molecule is CCOC(=O)CNC(=O)CSc1nnc(-c2cccc(C)c2)n1N. The van der Waals surface area contributed by atoms with Gasteiger partial charge in [0.2, 0.25) is 11.1 Å². The zero-order chi connectivity index (χ0) is 17.5. The average molecular weight is 349 g/mol. The largest absolute Gasteiger partial charge is 0.465 e. The van der Waals surface area contributed by atoms with Crippen LogP contribution in [-0.4, -0.2) is 45.7 Å². The topological polar surface area (TPSA) is 112 Å². The maximum absolute atomic E-state index is 11.7. The lowest BCUT2D eigenvalue weighted by Gasteiger charge is -2.05. The predicted octanol–water partition coefficient (Wildman–Crippen LogP) is 0.739. The van der Waals surface area contributed by atoms with Crippen LogP contribution in [0.1, 0.15) is 12.5 Å². The van der Waals surface area contributed by atoms with E-state index in [-0.39, 0.29) is 24.8 Å². The average Bonchev–Trinajstić information content (AvgIpc) is 2.92. The summed E-state index contributed by atoms with van der Waals surface area (Å²) in [6, 6.07) is 7.73. The van der Waals surface area contributed by atoms with E-state index in [4.69, 9.17) is 10.6 Å². The molecule has 1 heterocycles. The van der Waals surface area contributed by atoms with Crippen LogP contribution in [0.15, 0.2) is 29.4 Å². The number of benzene rings is 1. The Kier molecular flexibility index (Phi) is 6.19. The van der Waals surface area contributed by atoms with Crippen molar-refractivity contribution in [1.29, 1.82) is 0 Å². The Morgan fingerprint density at radius 1 is 1.38 bits per heavy atom. The predicted molar refractivity (Wildman–Crippen MR) is 90.7 cm³/mol. The van der Waals surface area contributed by atoms with Gasteiger partial charge in [0.1, 0.15) is 6.54 Å². The van der Waals surface area contributed by atoms with E-state index in [1.54, 1.807) is 6.92 Å². The number of esters is 1. The summed E-state index contributed by atoms with van der Waals surface area (Å²) in [6.07, 6.45) is 0. The van der Waals surface area contributed by atoms with Crippen molar-refractivity contribution in [3.8, 4) is 11.4 Å². The molecule has 0 aliphatic carbocycles. The molecule has 0 aliphatic heterocycles. The number of nitrogens with one attached hydrogen (secondary N) is 1. The summed E-state index contributed by atoms with van der Waals surface area (Å²) in [6.45, 7) is 3.80. The number of hydrogen-bond donors (Lipinski definition) is 2. The van der Waals surface area contributed by atoms with Crippen LogP contribution in [0.3, 0.4) is 0 Å². The fourth-order valence-corrected chi connectivity index (χ4v) is 2.61. The van der Waals surface area contributed by atoms with Gasteiger partial charge < -0.3 is 15.9 Å². The van der Waals surface area contributed by atoms with E-state index in [1.165, 1.54) is 4.68 Å². The number of ether oxygens (including phenoxy) is 1. The molecule has 8 nitrogen and oxygen atoms in total. The molecule has 1 aromatic carbocycles. The van der Waals surface area contributed by atoms with Gasteiger partial charge >= 0.3 is 5.97 Å². The van der Waals surface area contributed by atoms with Crippen LogP contribution in [0.4, 0.5) is 0 Å². The molecule has 128 valence electrons. The first kappa shape index (κ1) is 17.8. The minimum Gasteiger partial charge on any atom is -0.465 e. The van der Waals surface area contributed by atoms with Crippen LogP contribution >= 0.6 is 11.8 Å². The molecule has 0 aliphatic rings. The van der Waals surface area contributed by atoms with Gasteiger partial charge in [0.15, 0.2) is 5.82 Å². The highest BCUT2D eigenvalue weighted by Crippen LogP contribution is 2.21. The highest BCUT2D eigenvalue weighted by molar-refractivity contribution is 7.99. The van der Waals surface area contributed by atoms with Crippen molar-refractivity contribution in [3.63, 3.8) is 0 Å². The zero-order valence-corrected chi connectivity index (χ0v) is 14.3. The minimum absolute atomic E-state index is 0.0720. The summed E-state index contributed by atoms with van der Waals surface area (Å²) in [7, 11) is 0. The summed E-state index contributed by atoms with van der Waals surface area (Å²) in [5.74, 6) is 5.81. The molecule has 9 heteroatoms. The molecular formula is C15H19N5O3S. The van der Waals surface area contributed by atoms with E-state index in [1.807, 2.05) is 31.2 Å². The van der Waals surface area contributed by atoms with Crippen molar-refractivity contribution in [2.24, 2.45) is 0 Å². The van der Waals surface area contributed by atoms with Gasteiger partial charge in [-0.2, -0.15) is 0 Å². The summed E-state index contributed by atoms with van der Waals surface area (Å²) < 4.78 is 6.07. The van der Waals surface area contributed by atoms with Gasteiger partial charge in [-0.3, -0.25) is 9.59 Å². The number of carbonyl (C=O) groups is 2. The molecule has 0 saturated carbocycles. The molecule has 0 bridgehead atoms. The van der Waals surface area contributed by atoms with Crippen molar-refractivity contribution in [1.82, 2.24) is 20.2 Å². The lowest BCUT2D eigenvalue weighted by Crippen LogP contribution is -2.32. The Hall–Kier alpha value is -2.55. The number of amides is 1. The Balaban J connectivity index is 1.92. The molecule has 0 unspecified atom stereocenters. The van der Waals surface area contributed by atoms with Crippen LogP contribution < -0.4 is 11.2 Å². The van der Waals surface area contributed by atoms with E-state index in [2.05, 4.69) is 15.5 Å². The van der Waals surface area contributed by atoms with E-state index in [0.29, 0.717) is 11.0 Å². The molecule has 3 N–H and O–H groups in total. The van der Waals surface area contributed by atoms with Crippen molar-refractivity contribution in [2.45, 2.75) is 19.0 Å². The number of rotatable bonds is 7. The highest BCUT2D eigenvalue weighted by atomic mass is 32.2. The van der Waals surface area contributed by atoms with Crippen molar-refractivity contribution >= 4 is 23.6 Å². The number of carbonyl (C=O) groups excluding carboxylic acids is 2. The Morgan fingerprint density at radius 3 is 2.88 bits per heavy atom. The molecule has 0 spiro atoms. The molecule has 2 aromatic rings. The quantitative estimate of drug-likeness (QED) is 0.431. The third kappa shape index (κ3) is 4.72. The Morgan fingerprint density at radius 2 is 2.17 bits per heavy atom. The molecule has 1 aromatic heterocycles. The van der Waals surface area contributed by atoms with Gasteiger partial charge in [0, 0.05) is 5.56 Å². The molecular weight excluding hydrogens is 330 g/mol.